The lowest BCUT2D eigenvalue weighted by Gasteiger charge is -2.22. The van der Waals surface area contributed by atoms with Gasteiger partial charge in [0.1, 0.15) is 12.7 Å². The summed E-state index contributed by atoms with van der Waals surface area (Å²) in [5.74, 6) is -0.110. The number of nitrogens with zero attached hydrogens (tertiary/aromatic N) is 3. The number of nitrogens with two attached hydrogens (primary N) is 1. The molecule has 0 spiro atoms. The SMILES string of the molecule is CCCC(C)(N)C(=O)NCc1ccc(Cn2cncn2)cc1. The predicted molar refractivity (Wildman–Crippen MR) is 84.9 cm³/mol. The molecule has 118 valence electrons. The summed E-state index contributed by atoms with van der Waals surface area (Å²) in [5.41, 5.74) is 7.38. The van der Waals surface area contributed by atoms with Gasteiger partial charge in [0.15, 0.2) is 0 Å². The van der Waals surface area contributed by atoms with Crippen molar-refractivity contribution < 1.29 is 4.79 Å². The maximum atomic E-state index is 12.1. The Hall–Kier alpha value is -2.21. The highest BCUT2D eigenvalue weighted by molar-refractivity contribution is 5.85. The van der Waals surface area contributed by atoms with Gasteiger partial charge < -0.3 is 11.1 Å². The highest BCUT2D eigenvalue weighted by atomic mass is 16.2. The van der Waals surface area contributed by atoms with E-state index >= 15 is 0 Å². The standard InChI is InChI=1S/C16H23N5O/c1-3-8-16(2,17)15(22)19-9-13-4-6-14(7-5-13)10-21-12-18-11-20-21/h4-7,11-12H,3,8-10,17H2,1-2H3,(H,19,22). The fraction of sp³-hybridized carbons (Fsp3) is 0.438. The van der Waals surface area contributed by atoms with Crippen molar-refractivity contribution in [1.29, 1.82) is 0 Å². The molecule has 0 aliphatic heterocycles. The van der Waals surface area contributed by atoms with E-state index in [2.05, 4.69) is 15.4 Å². The van der Waals surface area contributed by atoms with Crippen LogP contribution >= 0.6 is 0 Å². The number of aromatic nitrogens is 3. The Kier molecular flexibility index (Phi) is 5.27. The second kappa shape index (κ2) is 7.17. The van der Waals surface area contributed by atoms with Crippen molar-refractivity contribution in [3.8, 4) is 0 Å². The minimum atomic E-state index is -0.804. The number of nitrogens with one attached hydrogen (secondary N) is 1. The van der Waals surface area contributed by atoms with Gasteiger partial charge in [0.05, 0.1) is 12.1 Å². The zero-order valence-corrected chi connectivity index (χ0v) is 13.1. The van der Waals surface area contributed by atoms with Gasteiger partial charge in [-0.2, -0.15) is 5.10 Å². The first-order chi connectivity index (χ1) is 10.5. The van der Waals surface area contributed by atoms with E-state index in [0.717, 1.165) is 17.5 Å². The normalized spacial score (nSPS) is 13.6. The summed E-state index contributed by atoms with van der Waals surface area (Å²) in [7, 11) is 0. The first-order valence-corrected chi connectivity index (χ1v) is 7.48. The fourth-order valence-electron chi connectivity index (χ4n) is 2.28. The molecule has 2 aromatic rings. The van der Waals surface area contributed by atoms with Gasteiger partial charge in [0, 0.05) is 6.54 Å². The summed E-state index contributed by atoms with van der Waals surface area (Å²) in [5, 5.41) is 6.97. The molecule has 6 heteroatoms. The topological polar surface area (TPSA) is 85.8 Å². The lowest BCUT2D eigenvalue weighted by atomic mass is 9.96. The molecule has 1 heterocycles. The number of carbonyl (C=O) groups excluding carboxylic acids is 1. The van der Waals surface area contributed by atoms with Crippen molar-refractivity contribution in [1.82, 2.24) is 20.1 Å². The third-order valence-corrected chi connectivity index (χ3v) is 3.58. The Labute approximate surface area is 130 Å². The van der Waals surface area contributed by atoms with Crippen LogP contribution in [0.1, 0.15) is 37.8 Å². The zero-order valence-electron chi connectivity index (χ0n) is 13.1. The quantitative estimate of drug-likeness (QED) is 0.810. The van der Waals surface area contributed by atoms with Crippen molar-refractivity contribution in [3.63, 3.8) is 0 Å². The first kappa shape index (κ1) is 16.2. The molecule has 6 nitrogen and oxygen atoms in total. The molecular formula is C16H23N5O. The summed E-state index contributed by atoms with van der Waals surface area (Å²) >= 11 is 0. The van der Waals surface area contributed by atoms with Crippen LogP contribution in [0.25, 0.3) is 0 Å². The molecule has 1 unspecified atom stereocenters. The maximum Gasteiger partial charge on any atom is 0.240 e. The average molecular weight is 301 g/mol. The van der Waals surface area contributed by atoms with Crippen LogP contribution in [0.15, 0.2) is 36.9 Å². The van der Waals surface area contributed by atoms with Crippen LogP contribution in [-0.2, 0) is 17.9 Å². The molecule has 0 fully saturated rings. The Balaban J connectivity index is 1.87. The highest BCUT2D eigenvalue weighted by Crippen LogP contribution is 2.10. The second-order valence-electron chi connectivity index (χ2n) is 5.76. The van der Waals surface area contributed by atoms with Gasteiger partial charge in [-0.1, -0.05) is 37.6 Å². The average Bonchev–Trinajstić information content (AvgIpc) is 2.99. The summed E-state index contributed by atoms with van der Waals surface area (Å²) in [6.07, 6.45) is 4.76. The monoisotopic (exact) mass is 301 g/mol. The largest absolute Gasteiger partial charge is 0.350 e. The van der Waals surface area contributed by atoms with E-state index in [1.54, 1.807) is 17.9 Å². The number of hydrogen-bond acceptors (Lipinski definition) is 4. The number of rotatable bonds is 7. The molecule has 3 N–H and O–H groups in total. The van der Waals surface area contributed by atoms with Gasteiger partial charge in [0.25, 0.3) is 0 Å². The second-order valence-corrected chi connectivity index (χ2v) is 5.76. The Bertz CT molecular complexity index is 590. The van der Waals surface area contributed by atoms with E-state index in [1.807, 2.05) is 31.2 Å². The molecule has 22 heavy (non-hydrogen) atoms. The minimum absolute atomic E-state index is 0.110. The van der Waals surface area contributed by atoms with Gasteiger partial charge in [-0.05, 0) is 24.5 Å². The number of benzene rings is 1. The van der Waals surface area contributed by atoms with E-state index in [0.29, 0.717) is 19.5 Å². The fourth-order valence-corrected chi connectivity index (χ4v) is 2.28. The molecule has 0 saturated carbocycles. The molecule has 1 aromatic carbocycles. The van der Waals surface area contributed by atoms with Crippen LogP contribution < -0.4 is 11.1 Å². The van der Waals surface area contributed by atoms with Gasteiger partial charge in [-0.3, -0.25) is 4.79 Å². The number of carbonyl (C=O) groups is 1. The Morgan fingerprint density at radius 2 is 2.00 bits per heavy atom. The third-order valence-electron chi connectivity index (χ3n) is 3.58. The van der Waals surface area contributed by atoms with Crippen LogP contribution in [-0.4, -0.2) is 26.2 Å². The third kappa shape index (κ3) is 4.39. The van der Waals surface area contributed by atoms with Crippen LogP contribution in [0.3, 0.4) is 0 Å². The molecule has 0 radical (unpaired) electrons. The Morgan fingerprint density at radius 3 is 2.59 bits per heavy atom. The lowest BCUT2D eigenvalue weighted by Crippen LogP contribution is -2.51. The van der Waals surface area contributed by atoms with Crippen LogP contribution in [0.5, 0.6) is 0 Å². The van der Waals surface area contributed by atoms with Gasteiger partial charge in [-0.25, -0.2) is 9.67 Å². The van der Waals surface area contributed by atoms with Gasteiger partial charge >= 0.3 is 0 Å². The summed E-state index contributed by atoms with van der Waals surface area (Å²) in [6.45, 7) is 4.96. The van der Waals surface area contributed by atoms with Crippen LogP contribution in [0.2, 0.25) is 0 Å². The van der Waals surface area contributed by atoms with E-state index in [9.17, 15) is 4.79 Å². The van der Waals surface area contributed by atoms with E-state index < -0.39 is 5.54 Å². The molecule has 2 rings (SSSR count). The minimum Gasteiger partial charge on any atom is -0.350 e. The van der Waals surface area contributed by atoms with Crippen LogP contribution in [0, 0.1) is 0 Å². The number of hydrogen-bond donors (Lipinski definition) is 2. The van der Waals surface area contributed by atoms with Gasteiger partial charge in [-0.15, -0.1) is 0 Å². The summed E-state index contributed by atoms with van der Waals surface area (Å²) < 4.78 is 1.77. The van der Waals surface area contributed by atoms with E-state index in [1.165, 1.54) is 6.33 Å². The van der Waals surface area contributed by atoms with Crippen molar-refractivity contribution in [2.45, 2.75) is 45.3 Å². The van der Waals surface area contributed by atoms with Gasteiger partial charge in [0.2, 0.25) is 5.91 Å². The molecule has 1 aromatic heterocycles. The van der Waals surface area contributed by atoms with Crippen molar-refractivity contribution in [2.24, 2.45) is 5.73 Å². The molecule has 1 atom stereocenters. The maximum absolute atomic E-state index is 12.1. The number of amides is 1. The van der Waals surface area contributed by atoms with E-state index in [4.69, 9.17) is 5.73 Å². The molecule has 0 bridgehead atoms. The van der Waals surface area contributed by atoms with Crippen LogP contribution in [0.4, 0.5) is 0 Å². The summed E-state index contributed by atoms with van der Waals surface area (Å²) in [4.78, 5) is 16.0. The lowest BCUT2D eigenvalue weighted by molar-refractivity contribution is -0.126. The molecule has 1 amide bonds. The molecule has 0 saturated heterocycles. The summed E-state index contributed by atoms with van der Waals surface area (Å²) in [6, 6.07) is 8.05. The van der Waals surface area contributed by atoms with Crippen molar-refractivity contribution in [2.75, 3.05) is 0 Å². The van der Waals surface area contributed by atoms with E-state index in [-0.39, 0.29) is 5.91 Å². The Morgan fingerprint density at radius 1 is 1.32 bits per heavy atom. The highest BCUT2D eigenvalue weighted by Gasteiger charge is 2.26. The molecular weight excluding hydrogens is 278 g/mol. The first-order valence-electron chi connectivity index (χ1n) is 7.48. The molecule has 0 aliphatic rings. The van der Waals surface area contributed by atoms with Crippen molar-refractivity contribution >= 4 is 5.91 Å². The zero-order chi connectivity index (χ0) is 16.0. The molecule has 0 aliphatic carbocycles. The predicted octanol–water partition coefficient (Wildman–Crippen LogP) is 1.46. The smallest absolute Gasteiger partial charge is 0.240 e. The van der Waals surface area contributed by atoms with Crippen molar-refractivity contribution in [3.05, 3.63) is 48.0 Å².